The molecule has 2 rings (SSSR count). The van der Waals surface area contributed by atoms with E-state index in [0.717, 1.165) is 19.5 Å². The van der Waals surface area contributed by atoms with Crippen molar-refractivity contribution < 1.29 is 9.53 Å². The molecule has 0 aromatic heterocycles. The summed E-state index contributed by atoms with van der Waals surface area (Å²) in [6.45, 7) is 5.82. The summed E-state index contributed by atoms with van der Waals surface area (Å²) in [6.07, 6.45) is 4.72. The summed E-state index contributed by atoms with van der Waals surface area (Å²) in [5, 5.41) is 6.44. The number of hydrogen-bond acceptors (Lipinski definition) is 3. The Balaban J connectivity index is 0.00000162. The first kappa shape index (κ1) is 15.7. The Morgan fingerprint density at radius 1 is 1.50 bits per heavy atom. The van der Waals surface area contributed by atoms with Crippen LogP contribution in [0.25, 0.3) is 0 Å². The van der Waals surface area contributed by atoms with E-state index in [-0.39, 0.29) is 23.7 Å². The molecule has 4 nitrogen and oxygen atoms in total. The SMILES string of the molecule is CCOCCNC(=O)[C@@]12CCCC[C@H]1CNC2.Cl. The number of fused-ring (bicyclic) bond motifs is 1. The fourth-order valence-electron chi connectivity index (χ4n) is 3.25. The average molecular weight is 277 g/mol. The van der Waals surface area contributed by atoms with Crippen LogP contribution in [0.15, 0.2) is 0 Å². The molecule has 0 spiro atoms. The van der Waals surface area contributed by atoms with Gasteiger partial charge in [0.1, 0.15) is 0 Å². The van der Waals surface area contributed by atoms with Gasteiger partial charge in [0, 0.05) is 19.7 Å². The Kier molecular flexibility index (Phi) is 6.39. The van der Waals surface area contributed by atoms with Gasteiger partial charge in [-0.25, -0.2) is 0 Å². The quantitative estimate of drug-likeness (QED) is 0.745. The summed E-state index contributed by atoms with van der Waals surface area (Å²) < 4.78 is 5.25. The van der Waals surface area contributed by atoms with Gasteiger partial charge in [-0.2, -0.15) is 0 Å². The van der Waals surface area contributed by atoms with Gasteiger partial charge in [-0.1, -0.05) is 12.8 Å². The van der Waals surface area contributed by atoms with Crippen molar-refractivity contribution >= 4 is 18.3 Å². The van der Waals surface area contributed by atoms with Gasteiger partial charge in [0.15, 0.2) is 0 Å². The van der Waals surface area contributed by atoms with Crippen LogP contribution in [-0.2, 0) is 9.53 Å². The van der Waals surface area contributed by atoms with Crippen LogP contribution in [0.4, 0.5) is 0 Å². The summed E-state index contributed by atoms with van der Waals surface area (Å²) >= 11 is 0. The van der Waals surface area contributed by atoms with Gasteiger partial charge < -0.3 is 15.4 Å². The highest BCUT2D eigenvalue weighted by atomic mass is 35.5. The van der Waals surface area contributed by atoms with Crippen LogP contribution in [0, 0.1) is 11.3 Å². The summed E-state index contributed by atoms with van der Waals surface area (Å²) in [6, 6.07) is 0. The topological polar surface area (TPSA) is 50.4 Å². The Bertz CT molecular complexity index is 276. The maximum atomic E-state index is 12.4. The lowest BCUT2D eigenvalue weighted by Crippen LogP contribution is -2.48. The number of halogens is 1. The molecule has 0 unspecified atom stereocenters. The van der Waals surface area contributed by atoms with Crippen molar-refractivity contribution in [2.24, 2.45) is 11.3 Å². The number of ether oxygens (including phenoxy) is 1. The maximum absolute atomic E-state index is 12.4. The van der Waals surface area contributed by atoms with Crippen LogP contribution in [0.3, 0.4) is 0 Å². The molecule has 1 saturated carbocycles. The first-order valence-electron chi connectivity index (χ1n) is 6.86. The van der Waals surface area contributed by atoms with Crippen molar-refractivity contribution in [3.8, 4) is 0 Å². The molecule has 5 heteroatoms. The highest BCUT2D eigenvalue weighted by Gasteiger charge is 2.49. The van der Waals surface area contributed by atoms with Gasteiger partial charge in [-0.3, -0.25) is 4.79 Å². The molecule has 1 heterocycles. The van der Waals surface area contributed by atoms with Crippen molar-refractivity contribution in [2.75, 3.05) is 32.8 Å². The standard InChI is InChI=1S/C13H24N2O2.ClH/c1-2-17-8-7-15-12(16)13-6-4-3-5-11(13)9-14-10-13;/h11,14H,2-10H2,1H3,(H,15,16);1H/t11-,13+;/m0./s1. The zero-order valence-electron chi connectivity index (χ0n) is 11.2. The molecule has 2 N–H and O–H groups in total. The Labute approximate surface area is 116 Å². The minimum Gasteiger partial charge on any atom is -0.380 e. The second kappa shape index (κ2) is 7.31. The molecule has 1 aliphatic carbocycles. The van der Waals surface area contributed by atoms with Crippen LogP contribution in [-0.4, -0.2) is 38.8 Å². The molecule has 1 saturated heterocycles. The third-order valence-electron chi connectivity index (χ3n) is 4.23. The van der Waals surface area contributed by atoms with Crippen LogP contribution < -0.4 is 10.6 Å². The number of hydrogen-bond donors (Lipinski definition) is 2. The first-order valence-corrected chi connectivity index (χ1v) is 6.86. The number of carbonyl (C=O) groups excluding carboxylic acids is 1. The average Bonchev–Trinajstić information content (AvgIpc) is 2.79. The molecule has 1 amide bonds. The summed E-state index contributed by atoms with van der Waals surface area (Å²) in [7, 11) is 0. The van der Waals surface area contributed by atoms with E-state index in [9.17, 15) is 4.79 Å². The minimum atomic E-state index is -0.121. The molecule has 0 aromatic rings. The van der Waals surface area contributed by atoms with E-state index >= 15 is 0 Å². The monoisotopic (exact) mass is 276 g/mol. The maximum Gasteiger partial charge on any atom is 0.227 e. The molecular formula is C13H25ClN2O2. The predicted molar refractivity (Wildman–Crippen MR) is 74.0 cm³/mol. The van der Waals surface area contributed by atoms with Gasteiger partial charge in [0.25, 0.3) is 0 Å². The fraction of sp³-hybridized carbons (Fsp3) is 0.923. The molecule has 2 atom stereocenters. The lowest BCUT2D eigenvalue weighted by molar-refractivity contribution is -0.134. The molecule has 0 aromatic carbocycles. The number of rotatable bonds is 5. The molecule has 2 fully saturated rings. The fourth-order valence-corrected chi connectivity index (χ4v) is 3.25. The second-order valence-corrected chi connectivity index (χ2v) is 5.18. The van der Waals surface area contributed by atoms with E-state index in [0.29, 0.717) is 25.7 Å². The highest BCUT2D eigenvalue weighted by molar-refractivity contribution is 5.85. The van der Waals surface area contributed by atoms with Crippen LogP contribution in [0.5, 0.6) is 0 Å². The van der Waals surface area contributed by atoms with E-state index in [1.165, 1.54) is 19.3 Å². The smallest absolute Gasteiger partial charge is 0.227 e. The first-order chi connectivity index (χ1) is 8.29. The van der Waals surface area contributed by atoms with Crippen LogP contribution in [0.1, 0.15) is 32.6 Å². The Hall–Kier alpha value is -0.320. The third kappa shape index (κ3) is 3.16. The highest BCUT2D eigenvalue weighted by Crippen LogP contribution is 2.43. The largest absolute Gasteiger partial charge is 0.380 e. The van der Waals surface area contributed by atoms with E-state index in [4.69, 9.17) is 4.74 Å². The van der Waals surface area contributed by atoms with Crippen LogP contribution >= 0.6 is 12.4 Å². The van der Waals surface area contributed by atoms with Gasteiger partial charge in [0.2, 0.25) is 5.91 Å². The minimum absolute atomic E-state index is 0. The van der Waals surface area contributed by atoms with Crippen molar-refractivity contribution in [3.05, 3.63) is 0 Å². The number of amides is 1. The van der Waals surface area contributed by atoms with Crippen molar-refractivity contribution in [2.45, 2.75) is 32.6 Å². The van der Waals surface area contributed by atoms with E-state index in [1.54, 1.807) is 0 Å². The van der Waals surface area contributed by atoms with Crippen molar-refractivity contribution in [1.82, 2.24) is 10.6 Å². The molecule has 18 heavy (non-hydrogen) atoms. The van der Waals surface area contributed by atoms with Gasteiger partial charge in [0.05, 0.1) is 12.0 Å². The molecule has 106 valence electrons. The normalized spacial score (nSPS) is 30.4. The number of carbonyl (C=O) groups is 1. The Morgan fingerprint density at radius 3 is 3.11 bits per heavy atom. The number of nitrogens with one attached hydrogen (secondary N) is 2. The summed E-state index contributed by atoms with van der Waals surface area (Å²) in [4.78, 5) is 12.4. The van der Waals surface area contributed by atoms with E-state index in [2.05, 4.69) is 10.6 Å². The zero-order valence-corrected chi connectivity index (χ0v) is 12.0. The van der Waals surface area contributed by atoms with E-state index in [1.807, 2.05) is 6.92 Å². The van der Waals surface area contributed by atoms with Gasteiger partial charge in [-0.05, 0) is 32.2 Å². The molecule has 1 aliphatic heterocycles. The Morgan fingerprint density at radius 2 is 2.33 bits per heavy atom. The lowest BCUT2D eigenvalue weighted by Gasteiger charge is -2.37. The molecule has 0 radical (unpaired) electrons. The van der Waals surface area contributed by atoms with Crippen molar-refractivity contribution in [3.63, 3.8) is 0 Å². The van der Waals surface area contributed by atoms with Gasteiger partial charge in [-0.15, -0.1) is 12.4 Å². The summed E-state index contributed by atoms with van der Waals surface area (Å²) in [5.74, 6) is 0.787. The zero-order chi connectivity index (χ0) is 12.1. The molecular weight excluding hydrogens is 252 g/mol. The molecule has 2 aliphatic rings. The lowest BCUT2D eigenvalue weighted by atomic mass is 9.67. The third-order valence-corrected chi connectivity index (χ3v) is 4.23. The van der Waals surface area contributed by atoms with Gasteiger partial charge >= 0.3 is 0 Å². The second-order valence-electron chi connectivity index (χ2n) is 5.18. The summed E-state index contributed by atoms with van der Waals surface area (Å²) in [5.41, 5.74) is -0.121. The van der Waals surface area contributed by atoms with Crippen LogP contribution in [0.2, 0.25) is 0 Å². The predicted octanol–water partition coefficient (Wildman–Crippen LogP) is 1.34. The van der Waals surface area contributed by atoms with Crippen molar-refractivity contribution in [1.29, 1.82) is 0 Å². The molecule has 0 bridgehead atoms. The van der Waals surface area contributed by atoms with E-state index < -0.39 is 0 Å².